The van der Waals surface area contributed by atoms with Gasteiger partial charge in [-0.25, -0.2) is 4.98 Å². The lowest BCUT2D eigenvalue weighted by Crippen LogP contribution is -2.33. The third kappa shape index (κ3) is 2.28. The molecule has 2 aromatic rings. The van der Waals surface area contributed by atoms with E-state index in [1.54, 1.807) is 6.33 Å². The number of aryl methyl sites for hydroxylation is 1. The number of rotatable bonds is 3. The molecule has 6 heteroatoms. The Morgan fingerprint density at radius 3 is 2.83 bits per heavy atom. The standard InChI is InChI=1S/C12H18N6/c1-17-11(2-5-15-17)8-18-6-3-10(4-7-18)12-13-9-14-16-12/h2,5,9-10H,3-4,6-8H2,1H3,(H,13,14,16). The van der Waals surface area contributed by atoms with Crippen LogP contribution in [0.4, 0.5) is 0 Å². The van der Waals surface area contributed by atoms with Crippen LogP contribution in [-0.4, -0.2) is 43.0 Å². The van der Waals surface area contributed by atoms with Gasteiger partial charge in [-0.2, -0.15) is 10.2 Å². The predicted octanol–water partition coefficient (Wildman–Crippen LogP) is 0.918. The van der Waals surface area contributed by atoms with Crippen molar-refractivity contribution in [3.63, 3.8) is 0 Å². The zero-order chi connectivity index (χ0) is 12.4. The van der Waals surface area contributed by atoms with E-state index >= 15 is 0 Å². The third-order valence-corrected chi connectivity index (χ3v) is 3.72. The summed E-state index contributed by atoms with van der Waals surface area (Å²) in [5.41, 5.74) is 1.27. The van der Waals surface area contributed by atoms with Crippen molar-refractivity contribution in [2.45, 2.75) is 25.3 Å². The molecule has 1 saturated heterocycles. The van der Waals surface area contributed by atoms with E-state index in [0.29, 0.717) is 5.92 Å². The van der Waals surface area contributed by atoms with Crippen LogP contribution in [0.2, 0.25) is 0 Å². The second kappa shape index (κ2) is 4.89. The summed E-state index contributed by atoms with van der Waals surface area (Å²) < 4.78 is 1.95. The average molecular weight is 246 g/mol. The molecular weight excluding hydrogens is 228 g/mol. The van der Waals surface area contributed by atoms with E-state index in [2.05, 4.69) is 31.2 Å². The summed E-state index contributed by atoms with van der Waals surface area (Å²) in [6, 6.07) is 2.09. The van der Waals surface area contributed by atoms with Gasteiger partial charge in [-0.05, 0) is 32.0 Å². The number of H-pyrrole nitrogens is 1. The van der Waals surface area contributed by atoms with E-state index in [1.165, 1.54) is 5.69 Å². The Kier molecular flexibility index (Phi) is 3.10. The maximum Gasteiger partial charge on any atom is 0.137 e. The van der Waals surface area contributed by atoms with Gasteiger partial charge in [0.1, 0.15) is 12.2 Å². The average Bonchev–Trinajstić information content (AvgIpc) is 3.03. The molecule has 1 aliphatic rings. The molecule has 18 heavy (non-hydrogen) atoms. The van der Waals surface area contributed by atoms with Crippen LogP contribution in [0.15, 0.2) is 18.6 Å². The molecule has 3 heterocycles. The molecule has 1 N–H and O–H groups in total. The Hall–Kier alpha value is -1.69. The molecule has 3 rings (SSSR count). The summed E-state index contributed by atoms with van der Waals surface area (Å²) in [6.45, 7) is 3.20. The Morgan fingerprint density at radius 1 is 1.39 bits per heavy atom. The van der Waals surface area contributed by atoms with Crippen LogP contribution in [-0.2, 0) is 13.6 Å². The number of piperidine rings is 1. The van der Waals surface area contributed by atoms with Gasteiger partial charge in [-0.1, -0.05) is 0 Å². The molecule has 1 aliphatic heterocycles. The lowest BCUT2D eigenvalue weighted by atomic mass is 9.96. The number of nitrogens with zero attached hydrogens (tertiary/aromatic N) is 5. The summed E-state index contributed by atoms with van der Waals surface area (Å²) in [4.78, 5) is 6.73. The van der Waals surface area contributed by atoms with Crippen LogP contribution in [0.3, 0.4) is 0 Å². The Labute approximate surface area is 106 Å². The minimum absolute atomic E-state index is 0.537. The van der Waals surface area contributed by atoms with Crippen molar-refractivity contribution in [3.8, 4) is 0 Å². The van der Waals surface area contributed by atoms with Gasteiger partial charge in [0.2, 0.25) is 0 Å². The Bertz CT molecular complexity index is 480. The fourth-order valence-corrected chi connectivity index (χ4v) is 2.56. The first-order chi connectivity index (χ1) is 8.83. The second-order valence-corrected chi connectivity index (χ2v) is 4.87. The number of aromatic nitrogens is 5. The molecule has 0 unspecified atom stereocenters. The number of hydrogen-bond donors (Lipinski definition) is 1. The predicted molar refractivity (Wildman–Crippen MR) is 66.8 cm³/mol. The van der Waals surface area contributed by atoms with Crippen LogP contribution in [0.25, 0.3) is 0 Å². The largest absolute Gasteiger partial charge is 0.297 e. The zero-order valence-electron chi connectivity index (χ0n) is 10.6. The highest BCUT2D eigenvalue weighted by molar-refractivity contribution is 5.01. The van der Waals surface area contributed by atoms with Crippen molar-refractivity contribution in [1.29, 1.82) is 0 Å². The second-order valence-electron chi connectivity index (χ2n) is 4.87. The van der Waals surface area contributed by atoms with Gasteiger partial charge in [-0.15, -0.1) is 0 Å². The van der Waals surface area contributed by atoms with Crippen LogP contribution >= 0.6 is 0 Å². The third-order valence-electron chi connectivity index (χ3n) is 3.72. The SMILES string of the molecule is Cn1nccc1CN1CCC(c2ncn[nH]2)CC1. The van der Waals surface area contributed by atoms with Gasteiger partial charge in [0.25, 0.3) is 0 Å². The first-order valence-electron chi connectivity index (χ1n) is 6.37. The highest BCUT2D eigenvalue weighted by atomic mass is 15.3. The monoisotopic (exact) mass is 246 g/mol. The number of nitrogens with one attached hydrogen (secondary N) is 1. The molecule has 0 atom stereocenters. The maximum atomic E-state index is 4.26. The molecule has 0 spiro atoms. The quantitative estimate of drug-likeness (QED) is 0.874. The molecule has 6 nitrogen and oxygen atoms in total. The van der Waals surface area contributed by atoms with Gasteiger partial charge < -0.3 is 0 Å². The van der Waals surface area contributed by atoms with E-state index in [1.807, 2.05) is 17.9 Å². The van der Waals surface area contributed by atoms with Gasteiger partial charge in [-0.3, -0.25) is 14.7 Å². The van der Waals surface area contributed by atoms with Crippen molar-refractivity contribution in [3.05, 3.63) is 30.1 Å². The van der Waals surface area contributed by atoms with E-state index in [0.717, 1.165) is 38.3 Å². The highest BCUT2D eigenvalue weighted by Crippen LogP contribution is 2.25. The van der Waals surface area contributed by atoms with Crippen molar-refractivity contribution in [2.24, 2.45) is 7.05 Å². The first-order valence-corrected chi connectivity index (χ1v) is 6.37. The number of likely N-dealkylation sites (tertiary alicyclic amines) is 1. The number of hydrogen-bond acceptors (Lipinski definition) is 4. The fourth-order valence-electron chi connectivity index (χ4n) is 2.56. The van der Waals surface area contributed by atoms with E-state index in [-0.39, 0.29) is 0 Å². The van der Waals surface area contributed by atoms with Gasteiger partial charge >= 0.3 is 0 Å². The molecule has 0 saturated carbocycles. The van der Waals surface area contributed by atoms with Crippen molar-refractivity contribution in [1.82, 2.24) is 29.9 Å². The van der Waals surface area contributed by atoms with Crippen LogP contribution in [0, 0.1) is 0 Å². The molecule has 96 valence electrons. The van der Waals surface area contributed by atoms with Crippen molar-refractivity contribution in [2.75, 3.05) is 13.1 Å². The van der Waals surface area contributed by atoms with Crippen molar-refractivity contribution < 1.29 is 0 Å². The van der Waals surface area contributed by atoms with Gasteiger partial charge in [0.05, 0.1) is 5.69 Å². The summed E-state index contributed by atoms with van der Waals surface area (Å²) >= 11 is 0. The first kappa shape index (κ1) is 11.4. The highest BCUT2D eigenvalue weighted by Gasteiger charge is 2.22. The number of aromatic amines is 1. The lowest BCUT2D eigenvalue weighted by Gasteiger charge is -2.30. The maximum absolute atomic E-state index is 4.26. The van der Waals surface area contributed by atoms with E-state index in [9.17, 15) is 0 Å². The summed E-state index contributed by atoms with van der Waals surface area (Å²) in [6.07, 6.45) is 5.74. The summed E-state index contributed by atoms with van der Waals surface area (Å²) in [5, 5.41) is 11.1. The molecule has 0 aliphatic carbocycles. The molecule has 0 radical (unpaired) electrons. The zero-order valence-corrected chi connectivity index (χ0v) is 10.6. The van der Waals surface area contributed by atoms with Gasteiger partial charge in [0, 0.05) is 25.7 Å². The molecule has 2 aromatic heterocycles. The normalized spacial score (nSPS) is 18.3. The Morgan fingerprint density at radius 2 is 2.22 bits per heavy atom. The summed E-state index contributed by atoms with van der Waals surface area (Å²) in [5.74, 6) is 1.57. The van der Waals surface area contributed by atoms with E-state index < -0.39 is 0 Å². The topological polar surface area (TPSA) is 62.6 Å². The van der Waals surface area contributed by atoms with Gasteiger partial charge in [0.15, 0.2) is 0 Å². The smallest absolute Gasteiger partial charge is 0.137 e. The molecule has 0 bridgehead atoms. The van der Waals surface area contributed by atoms with Crippen molar-refractivity contribution >= 4 is 0 Å². The van der Waals surface area contributed by atoms with Crippen LogP contribution in [0.5, 0.6) is 0 Å². The molecule has 0 aromatic carbocycles. The molecular formula is C12H18N6. The fraction of sp³-hybridized carbons (Fsp3) is 0.583. The van der Waals surface area contributed by atoms with Crippen LogP contribution < -0.4 is 0 Å². The Balaban J connectivity index is 1.56. The van der Waals surface area contributed by atoms with Crippen LogP contribution in [0.1, 0.15) is 30.3 Å². The minimum atomic E-state index is 0.537. The molecule has 0 amide bonds. The minimum Gasteiger partial charge on any atom is -0.297 e. The lowest BCUT2D eigenvalue weighted by molar-refractivity contribution is 0.197. The molecule has 1 fully saturated rings. The summed E-state index contributed by atoms with van der Waals surface area (Å²) in [7, 11) is 2.00. The van der Waals surface area contributed by atoms with E-state index in [4.69, 9.17) is 0 Å².